The van der Waals surface area contributed by atoms with E-state index >= 15 is 0 Å². The topological polar surface area (TPSA) is 61.4 Å². The number of piperazine rings is 1. The summed E-state index contributed by atoms with van der Waals surface area (Å²) in [6, 6.07) is 5.12. The summed E-state index contributed by atoms with van der Waals surface area (Å²) in [5, 5.41) is 3.66. The quantitative estimate of drug-likeness (QED) is 0.879. The molecule has 2 rings (SSSR count). The van der Waals surface area contributed by atoms with E-state index in [0.717, 1.165) is 5.56 Å². The zero-order chi connectivity index (χ0) is 13.2. The Morgan fingerprint density at radius 2 is 2.00 bits per heavy atom. The highest BCUT2D eigenvalue weighted by molar-refractivity contribution is 7.90. The molecular formula is C11H16ClN3O2S. The maximum Gasteiger partial charge on any atom is 0.301 e. The highest BCUT2D eigenvalue weighted by Gasteiger charge is 2.23. The Labute approximate surface area is 112 Å². The van der Waals surface area contributed by atoms with E-state index in [1.165, 1.54) is 4.31 Å². The van der Waals surface area contributed by atoms with E-state index < -0.39 is 10.2 Å². The summed E-state index contributed by atoms with van der Waals surface area (Å²) in [5.74, 6) is 0. The molecule has 2 N–H and O–H groups in total. The summed E-state index contributed by atoms with van der Waals surface area (Å²) in [7, 11) is -3.48. The van der Waals surface area contributed by atoms with Crippen molar-refractivity contribution in [3.8, 4) is 0 Å². The molecule has 1 aliphatic rings. The van der Waals surface area contributed by atoms with Crippen molar-refractivity contribution in [1.29, 1.82) is 0 Å². The number of aryl methyl sites for hydroxylation is 1. The third-order valence-corrected chi connectivity index (χ3v) is 4.78. The molecule has 1 aliphatic heterocycles. The van der Waals surface area contributed by atoms with Crippen LogP contribution in [0.25, 0.3) is 0 Å². The molecule has 0 unspecified atom stereocenters. The van der Waals surface area contributed by atoms with Crippen LogP contribution in [0.15, 0.2) is 18.2 Å². The van der Waals surface area contributed by atoms with Crippen molar-refractivity contribution in [2.24, 2.45) is 0 Å². The van der Waals surface area contributed by atoms with Crippen LogP contribution >= 0.6 is 11.6 Å². The summed E-state index contributed by atoms with van der Waals surface area (Å²) >= 11 is 5.97. The van der Waals surface area contributed by atoms with Gasteiger partial charge in [-0.05, 0) is 24.6 Å². The summed E-state index contributed by atoms with van der Waals surface area (Å²) < 4.78 is 28.2. The first-order chi connectivity index (χ1) is 8.49. The molecule has 1 aromatic carbocycles. The Morgan fingerprint density at radius 3 is 2.61 bits per heavy atom. The minimum absolute atomic E-state index is 0.481. The maximum absolute atomic E-state index is 12.1. The van der Waals surface area contributed by atoms with Gasteiger partial charge < -0.3 is 5.32 Å². The van der Waals surface area contributed by atoms with Crippen LogP contribution in [0.5, 0.6) is 0 Å². The minimum atomic E-state index is -3.48. The molecule has 0 atom stereocenters. The third-order valence-electron chi connectivity index (χ3n) is 2.83. The molecule has 18 heavy (non-hydrogen) atoms. The predicted octanol–water partition coefficient (Wildman–Crippen LogP) is 1.21. The van der Waals surface area contributed by atoms with E-state index in [9.17, 15) is 8.42 Å². The monoisotopic (exact) mass is 289 g/mol. The molecule has 1 heterocycles. The van der Waals surface area contributed by atoms with Crippen LogP contribution in [-0.4, -0.2) is 38.9 Å². The van der Waals surface area contributed by atoms with Gasteiger partial charge in [-0.15, -0.1) is 0 Å². The van der Waals surface area contributed by atoms with Gasteiger partial charge in [0.2, 0.25) is 0 Å². The number of hydrogen-bond donors (Lipinski definition) is 2. The fourth-order valence-electron chi connectivity index (χ4n) is 1.75. The second kappa shape index (κ2) is 5.44. The van der Waals surface area contributed by atoms with Gasteiger partial charge in [0.25, 0.3) is 0 Å². The van der Waals surface area contributed by atoms with Gasteiger partial charge in [0.05, 0.1) is 5.69 Å². The average Bonchev–Trinajstić information content (AvgIpc) is 2.35. The zero-order valence-electron chi connectivity index (χ0n) is 10.1. The molecule has 0 aromatic heterocycles. The van der Waals surface area contributed by atoms with Crippen molar-refractivity contribution in [2.75, 3.05) is 30.9 Å². The highest BCUT2D eigenvalue weighted by Crippen LogP contribution is 2.21. The molecule has 1 fully saturated rings. The van der Waals surface area contributed by atoms with Gasteiger partial charge in [-0.2, -0.15) is 12.7 Å². The normalized spacial score (nSPS) is 17.7. The fraction of sp³-hybridized carbons (Fsp3) is 0.455. The smallest absolute Gasteiger partial charge is 0.301 e. The van der Waals surface area contributed by atoms with Gasteiger partial charge in [-0.1, -0.05) is 17.7 Å². The second-order valence-electron chi connectivity index (χ2n) is 4.22. The lowest BCUT2D eigenvalue weighted by molar-refractivity contribution is 0.362. The number of anilines is 1. The first-order valence-electron chi connectivity index (χ1n) is 5.74. The van der Waals surface area contributed by atoms with Crippen LogP contribution in [0, 0.1) is 6.92 Å². The molecule has 0 radical (unpaired) electrons. The number of nitrogens with one attached hydrogen (secondary N) is 2. The minimum Gasteiger partial charge on any atom is -0.314 e. The largest absolute Gasteiger partial charge is 0.314 e. The van der Waals surface area contributed by atoms with E-state index in [-0.39, 0.29) is 0 Å². The second-order valence-corrected chi connectivity index (χ2v) is 6.30. The lowest BCUT2D eigenvalue weighted by atomic mass is 10.2. The van der Waals surface area contributed by atoms with Gasteiger partial charge in [0.15, 0.2) is 0 Å². The van der Waals surface area contributed by atoms with E-state index in [0.29, 0.717) is 36.9 Å². The fourth-order valence-corrected chi connectivity index (χ4v) is 3.15. The molecule has 0 amide bonds. The van der Waals surface area contributed by atoms with Crippen LogP contribution in [0.4, 0.5) is 5.69 Å². The molecule has 5 nitrogen and oxygen atoms in total. The van der Waals surface area contributed by atoms with E-state index in [2.05, 4.69) is 10.0 Å². The lowest BCUT2D eigenvalue weighted by Gasteiger charge is -2.26. The highest BCUT2D eigenvalue weighted by atomic mass is 35.5. The zero-order valence-corrected chi connectivity index (χ0v) is 11.7. The molecular weight excluding hydrogens is 274 g/mol. The van der Waals surface area contributed by atoms with Crippen LogP contribution < -0.4 is 10.0 Å². The number of nitrogens with zero attached hydrogens (tertiary/aromatic N) is 1. The summed E-state index contributed by atoms with van der Waals surface area (Å²) in [4.78, 5) is 0. The van der Waals surface area contributed by atoms with Crippen molar-refractivity contribution in [3.05, 3.63) is 28.8 Å². The average molecular weight is 290 g/mol. The van der Waals surface area contributed by atoms with Gasteiger partial charge in [-0.3, -0.25) is 4.72 Å². The third kappa shape index (κ3) is 3.14. The Bertz CT molecular complexity index is 527. The van der Waals surface area contributed by atoms with Gasteiger partial charge in [0, 0.05) is 31.2 Å². The predicted molar refractivity (Wildman–Crippen MR) is 73.2 cm³/mol. The molecule has 1 aromatic rings. The van der Waals surface area contributed by atoms with Crippen LogP contribution in [0.1, 0.15) is 5.56 Å². The molecule has 0 bridgehead atoms. The molecule has 100 valence electrons. The van der Waals surface area contributed by atoms with Crippen molar-refractivity contribution < 1.29 is 8.42 Å². The molecule has 1 saturated heterocycles. The number of benzene rings is 1. The Morgan fingerprint density at radius 1 is 1.33 bits per heavy atom. The van der Waals surface area contributed by atoms with Crippen LogP contribution in [0.3, 0.4) is 0 Å². The van der Waals surface area contributed by atoms with Crippen molar-refractivity contribution >= 4 is 27.5 Å². The standard InChI is InChI=1S/C11H16ClN3O2S/c1-9-2-3-10(8-11(9)12)14-18(16,17)15-6-4-13-5-7-15/h2-3,8,13-14H,4-7H2,1H3. The number of halogens is 1. The van der Waals surface area contributed by atoms with Crippen molar-refractivity contribution in [2.45, 2.75) is 6.92 Å². The Hall–Kier alpha value is -0.820. The molecule has 0 saturated carbocycles. The first kappa shape index (κ1) is 13.6. The number of hydrogen-bond acceptors (Lipinski definition) is 3. The maximum atomic E-state index is 12.1. The van der Waals surface area contributed by atoms with Crippen molar-refractivity contribution in [3.63, 3.8) is 0 Å². The van der Waals surface area contributed by atoms with Gasteiger partial charge in [0.1, 0.15) is 0 Å². The summed E-state index contributed by atoms with van der Waals surface area (Å²) in [5.41, 5.74) is 1.41. The van der Waals surface area contributed by atoms with Gasteiger partial charge >= 0.3 is 10.2 Å². The summed E-state index contributed by atoms with van der Waals surface area (Å²) in [6.07, 6.45) is 0. The lowest BCUT2D eigenvalue weighted by Crippen LogP contribution is -2.48. The van der Waals surface area contributed by atoms with Crippen molar-refractivity contribution in [1.82, 2.24) is 9.62 Å². The van der Waals surface area contributed by atoms with Crippen LogP contribution in [0.2, 0.25) is 5.02 Å². The molecule has 7 heteroatoms. The molecule has 0 aliphatic carbocycles. The first-order valence-corrected chi connectivity index (χ1v) is 7.55. The van der Waals surface area contributed by atoms with E-state index in [1.807, 2.05) is 6.92 Å². The number of rotatable bonds is 3. The van der Waals surface area contributed by atoms with Gasteiger partial charge in [-0.25, -0.2) is 0 Å². The Kier molecular flexibility index (Phi) is 4.11. The SMILES string of the molecule is Cc1ccc(NS(=O)(=O)N2CCNCC2)cc1Cl. The van der Waals surface area contributed by atoms with Crippen LogP contribution in [-0.2, 0) is 10.2 Å². The van der Waals surface area contributed by atoms with E-state index in [4.69, 9.17) is 11.6 Å². The Balaban J connectivity index is 2.13. The van der Waals surface area contributed by atoms with E-state index in [1.54, 1.807) is 18.2 Å². The summed E-state index contributed by atoms with van der Waals surface area (Å²) in [6.45, 7) is 4.19. The molecule has 0 spiro atoms.